The molecule has 0 radical (unpaired) electrons. The molecule has 0 aromatic heterocycles. The number of hydrogen-bond acceptors (Lipinski definition) is 5. The van der Waals surface area contributed by atoms with Gasteiger partial charge in [0.25, 0.3) is 0 Å². The lowest BCUT2D eigenvalue weighted by Crippen LogP contribution is -2.24. The zero-order valence-corrected chi connectivity index (χ0v) is 14.3. The second-order valence-corrected chi connectivity index (χ2v) is 5.92. The highest BCUT2D eigenvalue weighted by molar-refractivity contribution is 6.17. The van der Waals surface area contributed by atoms with Crippen molar-refractivity contribution in [3.05, 3.63) is 47.0 Å². The van der Waals surface area contributed by atoms with Crippen LogP contribution in [0.3, 0.4) is 0 Å². The Hall–Kier alpha value is -3.09. The van der Waals surface area contributed by atoms with E-state index in [0.29, 0.717) is 23.6 Å². The standard InChI is InChI=1S/C19H20O7/c1-2-3-7-26-19(25)11-8-14-12(15(9-11)18(23)24)5-4-6-13(14)16(20)10-17(21)22/h4-6,9-11,20H,2-3,7-8H2,1H3,(H,21,22)(H,23,24)/b16-10+/t11-/m0/s1. The summed E-state index contributed by atoms with van der Waals surface area (Å²) in [5.41, 5.74) is 0.856. The molecule has 1 aliphatic rings. The van der Waals surface area contributed by atoms with E-state index in [1.54, 1.807) is 6.07 Å². The number of aliphatic hydroxyl groups is 1. The second kappa shape index (κ2) is 8.33. The summed E-state index contributed by atoms with van der Waals surface area (Å²) >= 11 is 0. The van der Waals surface area contributed by atoms with Gasteiger partial charge in [0, 0.05) is 5.56 Å². The first-order valence-corrected chi connectivity index (χ1v) is 8.23. The largest absolute Gasteiger partial charge is 0.507 e. The van der Waals surface area contributed by atoms with Gasteiger partial charge in [-0.2, -0.15) is 0 Å². The average Bonchev–Trinajstić information content (AvgIpc) is 2.59. The van der Waals surface area contributed by atoms with Crippen molar-refractivity contribution in [2.24, 2.45) is 5.92 Å². The first-order chi connectivity index (χ1) is 12.3. The molecule has 1 aromatic carbocycles. The number of esters is 1. The third kappa shape index (κ3) is 4.30. The number of carbonyl (C=O) groups is 3. The number of rotatable bonds is 7. The van der Waals surface area contributed by atoms with Gasteiger partial charge in [-0.1, -0.05) is 37.6 Å². The van der Waals surface area contributed by atoms with E-state index >= 15 is 0 Å². The fourth-order valence-corrected chi connectivity index (χ4v) is 2.83. The lowest BCUT2D eigenvalue weighted by molar-refractivity contribution is -0.147. The molecule has 0 spiro atoms. The van der Waals surface area contributed by atoms with Crippen LogP contribution in [-0.4, -0.2) is 39.8 Å². The van der Waals surface area contributed by atoms with Gasteiger partial charge in [0.15, 0.2) is 0 Å². The summed E-state index contributed by atoms with van der Waals surface area (Å²) < 4.78 is 5.18. The van der Waals surface area contributed by atoms with E-state index in [2.05, 4.69) is 0 Å². The van der Waals surface area contributed by atoms with Crippen molar-refractivity contribution in [1.82, 2.24) is 0 Å². The summed E-state index contributed by atoms with van der Waals surface area (Å²) in [7, 11) is 0. The number of fused-ring (bicyclic) bond motifs is 1. The van der Waals surface area contributed by atoms with Crippen molar-refractivity contribution in [3.8, 4) is 0 Å². The molecule has 1 aromatic rings. The van der Waals surface area contributed by atoms with E-state index < -0.39 is 29.6 Å². The van der Waals surface area contributed by atoms with Crippen LogP contribution < -0.4 is 0 Å². The van der Waals surface area contributed by atoms with Gasteiger partial charge in [0.05, 0.1) is 24.2 Å². The highest BCUT2D eigenvalue weighted by Crippen LogP contribution is 2.34. The second-order valence-electron chi connectivity index (χ2n) is 5.92. The molecular weight excluding hydrogens is 340 g/mol. The van der Waals surface area contributed by atoms with Crippen molar-refractivity contribution < 1.29 is 34.4 Å². The molecule has 2 rings (SSSR count). The van der Waals surface area contributed by atoms with Crippen LogP contribution in [0.2, 0.25) is 0 Å². The quantitative estimate of drug-likeness (QED) is 0.296. The van der Waals surface area contributed by atoms with Gasteiger partial charge < -0.3 is 20.1 Å². The van der Waals surface area contributed by atoms with Gasteiger partial charge in [-0.3, -0.25) is 4.79 Å². The third-order valence-corrected chi connectivity index (χ3v) is 4.07. The predicted molar refractivity (Wildman–Crippen MR) is 93.4 cm³/mol. The van der Waals surface area contributed by atoms with Crippen LogP contribution in [0, 0.1) is 5.92 Å². The minimum Gasteiger partial charge on any atom is -0.507 e. The van der Waals surface area contributed by atoms with Gasteiger partial charge in [-0.25, -0.2) is 9.59 Å². The number of carbonyl (C=O) groups excluding carboxylic acids is 1. The molecule has 1 aliphatic carbocycles. The van der Waals surface area contributed by atoms with Crippen LogP contribution in [0.25, 0.3) is 11.3 Å². The number of unbranched alkanes of at least 4 members (excludes halogenated alkanes) is 1. The first-order valence-electron chi connectivity index (χ1n) is 8.23. The molecule has 0 heterocycles. The zero-order chi connectivity index (χ0) is 19.3. The van der Waals surface area contributed by atoms with E-state index in [4.69, 9.17) is 9.84 Å². The Morgan fingerprint density at radius 3 is 2.58 bits per heavy atom. The molecule has 7 heteroatoms. The maximum atomic E-state index is 12.3. The molecule has 0 saturated heterocycles. The van der Waals surface area contributed by atoms with Crippen molar-refractivity contribution in [3.63, 3.8) is 0 Å². The molecule has 26 heavy (non-hydrogen) atoms. The highest BCUT2D eigenvalue weighted by Gasteiger charge is 2.30. The maximum absolute atomic E-state index is 12.3. The van der Waals surface area contributed by atoms with Gasteiger partial charge >= 0.3 is 17.9 Å². The monoisotopic (exact) mass is 360 g/mol. The van der Waals surface area contributed by atoms with Crippen LogP contribution in [0.15, 0.2) is 30.4 Å². The molecule has 138 valence electrons. The molecule has 3 N–H and O–H groups in total. The Morgan fingerprint density at radius 1 is 1.23 bits per heavy atom. The fraction of sp³-hybridized carbons (Fsp3) is 0.316. The maximum Gasteiger partial charge on any atom is 0.336 e. The summed E-state index contributed by atoms with van der Waals surface area (Å²) in [5.74, 6) is -4.40. The smallest absolute Gasteiger partial charge is 0.336 e. The SMILES string of the molecule is CCCCOC(=O)[C@@H]1C=C(C(=O)O)c2cccc(/C(O)=C\C(=O)O)c2C1. The first kappa shape index (κ1) is 19.2. The van der Waals surface area contributed by atoms with E-state index in [9.17, 15) is 24.6 Å². The van der Waals surface area contributed by atoms with E-state index in [0.717, 1.165) is 6.42 Å². The molecule has 0 saturated carbocycles. The third-order valence-electron chi connectivity index (χ3n) is 4.07. The van der Waals surface area contributed by atoms with Crippen LogP contribution in [-0.2, 0) is 25.5 Å². The molecule has 0 amide bonds. The Kier molecular flexibility index (Phi) is 6.16. The van der Waals surface area contributed by atoms with Gasteiger partial charge in [0.1, 0.15) is 5.76 Å². The summed E-state index contributed by atoms with van der Waals surface area (Å²) in [6, 6.07) is 4.57. The van der Waals surface area contributed by atoms with Crippen molar-refractivity contribution >= 4 is 29.2 Å². The molecule has 0 aliphatic heterocycles. The number of hydrogen-bond donors (Lipinski definition) is 3. The molecule has 7 nitrogen and oxygen atoms in total. The Labute approximate surface area is 150 Å². The molecule has 0 bridgehead atoms. The van der Waals surface area contributed by atoms with Crippen LogP contribution in [0.5, 0.6) is 0 Å². The number of benzene rings is 1. The fourth-order valence-electron chi connectivity index (χ4n) is 2.83. The normalized spacial score (nSPS) is 16.4. The minimum absolute atomic E-state index is 0.0753. The summed E-state index contributed by atoms with van der Waals surface area (Å²) in [4.78, 5) is 34.7. The molecule has 1 atom stereocenters. The zero-order valence-electron chi connectivity index (χ0n) is 14.3. The number of aliphatic hydroxyl groups excluding tert-OH is 1. The Morgan fingerprint density at radius 2 is 1.96 bits per heavy atom. The lowest BCUT2D eigenvalue weighted by Gasteiger charge is -2.23. The molecule has 0 fully saturated rings. The van der Waals surface area contributed by atoms with Gasteiger partial charge in [0.2, 0.25) is 0 Å². The van der Waals surface area contributed by atoms with E-state index in [1.165, 1.54) is 18.2 Å². The highest BCUT2D eigenvalue weighted by atomic mass is 16.5. The van der Waals surface area contributed by atoms with Crippen LogP contribution in [0.1, 0.15) is 36.5 Å². The number of aliphatic carboxylic acids is 2. The van der Waals surface area contributed by atoms with Crippen molar-refractivity contribution in [2.75, 3.05) is 6.61 Å². The minimum atomic E-state index is -1.33. The number of carboxylic acids is 2. The Balaban J connectivity index is 2.45. The van der Waals surface area contributed by atoms with Crippen LogP contribution >= 0.6 is 0 Å². The number of ether oxygens (including phenoxy) is 1. The topological polar surface area (TPSA) is 121 Å². The Bertz CT molecular complexity index is 789. The van der Waals surface area contributed by atoms with E-state index in [-0.39, 0.29) is 24.2 Å². The molecule has 0 unspecified atom stereocenters. The summed E-state index contributed by atoms with van der Waals surface area (Å²) in [6.45, 7) is 2.21. The van der Waals surface area contributed by atoms with Gasteiger partial charge in [-0.05, 0) is 24.0 Å². The lowest BCUT2D eigenvalue weighted by atomic mass is 9.81. The number of carboxylic acid groups (broad SMARTS) is 2. The van der Waals surface area contributed by atoms with Crippen molar-refractivity contribution in [1.29, 1.82) is 0 Å². The van der Waals surface area contributed by atoms with E-state index in [1.807, 2.05) is 6.92 Å². The summed E-state index contributed by atoms with van der Waals surface area (Å²) in [6.07, 6.45) is 3.65. The van der Waals surface area contributed by atoms with Crippen molar-refractivity contribution in [2.45, 2.75) is 26.2 Å². The average molecular weight is 360 g/mol. The molecular formula is C19H20O7. The predicted octanol–water partition coefficient (Wildman–Crippen LogP) is 2.65. The van der Waals surface area contributed by atoms with Gasteiger partial charge in [-0.15, -0.1) is 0 Å². The summed E-state index contributed by atoms with van der Waals surface area (Å²) in [5, 5.41) is 28.4. The van der Waals surface area contributed by atoms with Crippen LogP contribution in [0.4, 0.5) is 0 Å².